The molecule has 1 aliphatic carbocycles. The van der Waals surface area contributed by atoms with Crippen LogP contribution in [-0.2, 0) is 0 Å². The van der Waals surface area contributed by atoms with Crippen molar-refractivity contribution in [2.24, 2.45) is 11.7 Å². The molecule has 2 heteroatoms. The number of hydrogen-bond acceptors (Lipinski definition) is 2. The van der Waals surface area contributed by atoms with E-state index in [9.17, 15) is 0 Å². The van der Waals surface area contributed by atoms with E-state index in [-0.39, 0.29) is 0 Å². The van der Waals surface area contributed by atoms with Gasteiger partial charge in [-0.2, -0.15) is 0 Å². The largest absolute Gasteiger partial charge is 0.389 e. The zero-order chi connectivity index (χ0) is 18.5. The molecule has 0 amide bonds. The van der Waals surface area contributed by atoms with Gasteiger partial charge in [-0.05, 0) is 85.1 Å². The van der Waals surface area contributed by atoms with E-state index in [4.69, 9.17) is 5.73 Å². The molecule has 0 bridgehead atoms. The minimum Gasteiger partial charge on any atom is -0.389 e. The second-order valence-electron chi connectivity index (χ2n) is 7.69. The predicted octanol–water partition coefficient (Wildman–Crippen LogP) is 6.03. The monoisotopic (exact) mass is 344 g/mol. The number of nitrogens with two attached hydrogens (primary N) is 1. The predicted molar refractivity (Wildman–Crippen MR) is 113 cm³/mol. The van der Waals surface area contributed by atoms with Gasteiger partial charge in [0.1, 0.15) is 0 Å². The molecule has 0 radical (unpaired) electrons. The van der Waals surface area contributed by atoms with Crippen LogP contribution in [0.15, 0.2) is 47.2 Å². The van der Waals surface area contributed by atoms with Crippen molar-refractivity contribution in [3.8, 4) is 0 Å². The van der Waals surface area contributed by atoms with Crippen LogP contribution in [0, 0.1) is 5.92 Å². The van der Waals surface area contributed by atoms with Gasteiger partial charge >= 0.3 is 0 Å². The van der Waals surface area contributed by atoms with E-state index < -0.39 is 0 Å². The lowest BCUT2D eigenvalue weighted by Crippen LogP contribution is -2.22. The maximum Gasteiger partial charge on any atom is 0.0144 e. The van der Waals surface area contributed by atoms with E-state index in [1.54, 1.807) is 5.57 Å². The van der Waals surface area contributed by atoms with Gasteiger partial charge in [0.2, 0.25) is 0 Å². The highest BCUT2D eigenvalue weighted by Gasteiger charge is 2.16. The van der Waals surface area contributed by atoms with Crippen LogP contribution in [0.1, 0.15) is 78.6 Å². The molecule has 0 spiro atoms. The van der Waals surface area contributed by atoms with Crippen molar-refractivity contribution in [3.05, 3.63) is 47.2 Å². The number of allylic oxidation sites excluding steroid dienone is 7. The first-order chi connectivity index (χ1) is 12.0. The highest BCUT2D eigenvalue weighted by atomic mass is 14.9. The zero-order valence-corrected chi connectivity index (χ0v) is 16.9. The van der Waals surface area contributed by atoms with Crippen molar-refractivity contribution < 1.29 is 0 Å². The van der Waals surface area contributed by atoms with E-state index in [2.05, 4.69) is 50.9 Å². The zero-order valence-electron chi connectivity index (χ0n) is 16.9. The Morgan fingerprint density at radius 3 is 2.68 bits per heavy atom. The van der Waals surface area contributed by atoms with Gasteiger partial charge in [-0.15, -0.1) is 0 Å². The summed E-state index contributed by atoms with van der Waals surface area (Å²) in [6.45, 7) is 12.7. The molecule has 1 unspecified atom stereocenters. The van der Waals surface area contributed by atoms with E-state index in [0.29, 0.717) is 5.92 Å². The number of nitrogens with one attached hydrogen (secondary N) is 1. The molecular weight excluding hydrogens is 304 g/mol. The lowest BCUT2D eigenvalue weighted by molar-refractivity contribution is 0.493. The van der Waals surface area contributed by atoms with E-state index in [0.717, 1.165) is 32.4 Å². The van der Waals surface area contributed by atoms with Gasteiger partial charge in [0.15, 0.2) is 0 Å². The molecule has 142 valence electrons. The Balaban J connectivity index is 2.24. The molecule has 0 aliphatic heterocycles. The highest BCUT2D eigenvalue weighted by molar-refractivity contribution is 5.13. The van der Waals surface area contributed by atoms with E-state index in [1.165, 1.54) is 55.4 Å². The molecule has 1 rings (SSSR count). The van der Waals surface area contributed by atoms with E-state index >= 15 is 0 Å². The SMILES string of the molecule is C=C(NCCCCN)C1CC=C(CC/C=C(\C)CCC=C(C)C)CC1. The fourth-order valence-corrected chi connectivity index (χ4v) is 3.29. The lowest BCUT2D eigenvalue weighted by atomic mass is 9.86. The van der Waals surface area contributed by atoms with Gasteiger partial charge < -0.3 is 11.1 Å². The Bertz CT molecular complexity index is 478. The third-order valence-electron chi connectivity index (χ3n) is 5.03. The van der Waals surface area contributed by atoms with Crippen LogP contribution in [0.4, 0.5) is 0 Å². The summed E-state index contributed by atoms with van der Waals surface area (Å²) >= 11 is 0. The average molecular weight is 345 g/mol. The van der Waals surface area contributed by atoms with Crippen molar-refractivity contribution >= 4 is 0 Å². The molecule has 0 saturated heterocycles. The normalized spacial score (nSPS) is 17.8. The summed E-state index contributed by atoms with van der Waals surface area (Å²) in [5, 5.41) is 3.49. The number of unbranched alkanes of at least 4 members (excludes halogenated alkanes) is 1. The first-order valence-corrected chi connectivity index (χ1v) is 10.1. The Labute approximate surface area is 156 Å². The fraction of sp³-hybridized carbons (Fsp3) is 0.652. The van der Waals surface area contributed by atoms with Crippen LogP contribution < -0.4 is 11.1 Å². The van der Waals surface area contributed by atoms with Gasteiger partial charge in [0.05, 0.1) is 0 Å². The summed E-state index contributed by atoms with van der Waals surface area (Å²) in [5.74, 6) is 0.614. The molecule has 0 aromatic heterocycles. The van der Waals surface area contributed by atoms with E-state index in [1.807, 2.05) is 0 Å². The second-order valence-corrected chi connectivity index (χ2v) is 7.69. The molecule has 2 nitrogen and oxygen atoms in total. The first-order valence-electron chi connectivity index (χ1n) is 10.1. The summed E-state index contributed by atoms with van der Waals surface area (Å²) in [6, 6.07) is 0. The Kier molecular flexibility index (Phi) is 11.3. The smallest absolute Gasteiger partial charge is 0.0144 e. The van der Waals surface area contributed by atoms with Crippen molar-refractivity contribution in [1.29, 1.82) is 0 Å². The molecule has 0 saturated carbocycles. The Morgan fingerprint density at radius 1 is 1.24 bits per heavy atom. The minimum absolute atomic E-state index is 0.614. The van der Waals surface area contributed by atoms with Crippen molar-refractivity contribution in [2.45, 2.75) is 78.6 Å². The van der Waals surface area contributed by atoms with Crippen LogP contribution in [0.5, 0.6) is 0 Å². The first kappa shape index (κ1) is 21.8. The molecule has 25 heavy (non-hydrogen) atoms. The summed E-state index contributed by atoms with van der Waals surface area (Å²) in [4.78, 5) is 0. The molecule has 0 aromatic carbocycles. The van der Waals surface area contributed by atoms with Crippen LogP contribution in [0.2, 0.25) is 0 Å². The molecule has 1 aliphatic rings. The summed E-state index contributed by atoms with van der Waals surface area (Å²) in [5.41, 5.74) is 11.3. The Morgan fingerprint density at radius 2 is 2.04 bits per heavy atom. The van der Waals surface area contributed by atoms with Crippen LogP contribution in [0.25, 0.3) is 0 Å². The number of rotatable bonds is 12. The number of hydrogen-bond donors (Lipinski definition) is 2. The van der Waals surface area contributed by atoms with Crippen molar-refractivity contribution in [1.82, 2.24) is 5.32 Å². The van der Waals surface area contributed by atoms with Gasteiger partial charge in [-0.25, -0.2) is 0 Å². The summed E-state index contributed by atoms with van der Waals surface area (Å²) in [6.07, 6.45) is 17.9. The quantitative estimate of drug-likeness (QED) is 0.335. The standard InChI is InChI=1S/C23H40N2/c1-19(2)9-7-10-20(3)11-8-12-22-13-15-23(16-14-22)21(4)25-18-6-5-17-24/h9,11,13,23,25H,4-8,10,12,14-18,24H2,1-3H3/b20-11+. The molecule has 1 atom stereocenters. The molecule has 3 N–H and O–H groups in total. The maximum atomic E-state index is 5.53. The fourth-order valence-electron chi connectivity index (χ4n) is 3.29. The highest BCUT2D eigenvalue weighted by Crippen LogP contribution is 2.29. The topological polar surface area (TPSA) is 38.0 Å². The van der Waals surface area contributed by atoms with Crippen molar-refractivity contribution in [3.63, 3.8) is 0 Å². The third-order valence-corrected chi connectivity index (χ3v) is 5.03. The van der Waals surface area contributed by atoms with Crippen LogP contribution in [-0.4, -0.2) is 13.1 Å². The Hall–Kier alpha value is -1.28. The summed E-state index contributed by atoms with van der Waals surface area (Å²) < 4.78 is 0. The third kappa shape index (κ3) is 10.3. The van der Waals surface area contributed by atoms with Gasteiger partial charge in [0.25, 0.3) is 0 Å². The second kappa shape index (κ2) is 13.0. The van der Waals surface area contributed by atoms with Crippen molar-refractivity contribution in [2.75, 3.05) is 13.1 Å². The molecule has 0 fully saturated rings. The van der Waals surface area contributed by atoms with Gasteiger partial charge in [0, 0.05) is 18.2 Å². The summed E-state index contributed by atoms with van der Waals surface area (Å²) in [7, 11) is 0. The van der Waals surface area contributed by atoms with Gasteiger partial charge in [-0.1, -0.05) is 41.5 Å². The molecular formula is C23H40N2. The molecule has 0 heterocycles. The van der Waals surface area contributed by atoms with Gasteiger partial charge in [-0.3, -0.25) is 0 Å². The minimum atomic E-state index is 0.614. The average Bonchev–Trinajstić information content (AvgIpc) is 2.59. The molecule has 0 aromatic rings. The maximum absolute atomic E-state index is 5.53. The van der Waals surface area contributed by atoms with Crippen LogP contribution >= 0.6 is 0 Å². The lowest BCUT2D eigenvalue weighted by Gasteiger charge is -2.24. The van der Waals surface area contributed by atoms with Crippen LogP contribution in [0.3, 0.4) is 0 Å².